The summed E-state index contributed by atoms with van der Waals surface area (Å²) in [4.78, 5) is 28.2. The van der Waals surface area contributed by atoms with E-state index in [1.807, 2.05) is 30.3 Å². The van der Waals surface area contributed by atoms with Gasteiger partial charge in [-0.05, 0) is 31.6 Å². The first kappa shape index (κ1) is 15.7. The highest BCUT2D eigenvalue weighted by Crippen LogP contribution is 2.29. The molecule has 0 spiro atoms. The van der Waals surface area contributed by atoms with Crippen LogP contribution in [-0.4, -0.2) is 47.8 Å². The third-order valence-electron chi connectivity index (χ3n) is 4.20. The summed E-state index contributed by atoms with van der Waals surface area (Å²) in [6.07, 6.45) is 1.16. The second-order valence-electron chi connectivity index (χ2n) is 5.43. The minimum atomic E-state index is -0.285. The molecular weight excluding hydrogens is 264 g/mol. The van der Waals surface area contributed by atoms with Gasteiger partial charge in [0.15, 0.2) is 0 Å². The topological polar surface area (TPSA) is 40.6 Å². The smallest absolute Gasteiger partial charge is 0.237 e. The largest absolute Gasteiger partial charge is 0.304 e. The van der Waals surface area contributed by atoms with Gasteiger partial charge in [0.05, 0.1) is 5.92 Å². The lowest BCUT2D eigenvalue weighted by Gasteiger charge is -2.20. The van der Waals surface area contributed by atoms with Crippen molar-refractivity contribution in [3.8, 4) is 0 Å². The van der Waals surface area contributed by atoms with Gasteiger partial charge in [-0.3, -0.25) is 14.5 Å². The van der Waals surface area contributed by atoms with E-state index < -0.39 is 0 Å². The number of hydrogen-bond donors (Lipinski definition) is 0. The van der Waals surface area contributed by atoms with Gasteiger partial charge in [-0.2, -0.15) is 0 Å². The molecule has 1 atom stereocenters. The van der Waals surface area contributed by atoms with Crippen LogP contribution in [0.15, 0.2) is 30.3 Å². The normalized spacial score (nSPS) is 18.8. The van der Waals surface area contributed by atoms with Crippen molar-refractivity contribution in [2.24, 2.45) is 0 Å². The van der Waals surface area contributed by atoms with Crippen LogP contribution >= 0.6 is 0 Å². The lowest BCUT2D eigenvalue weighted by Crippen LogP contribution is -2.34. The molecule has 0 radical (unpaired) electrons. The Morgan fingerprint density at radius 3 is 2.43 bits per heavy atom. The van der Waals surface area contributed by atoms with Crippen LogP contribution in [-0.2, 0) is 9.59 Å². The Morgan fingerprint density at radius 1 is 1.14 bits per heavy atom. The Labute approximate surface area is 126 Å². The lowest BCUT2D eigenvalue weighted by molar-refractivity contribution is -0.138. The Bertz CT molecular complexity index is 483. The number of carbonyl (C=O) groups excluding carboxylic acids is 2. The standard InChI is InChI=1S/C17H24N2O2/c1-3-18(4-2)11-8-12-19-16(20)13-15(17(19)21)14-9-6-5-7-10-14/h5-7,9-10,15H,3-4,8,11-13H2,1-2H3/t15-/m1/s1. The maximum Gasteiger partial charge on any atom is 0.237 e. The van der Waals surface area contributed by atoms with E-state index in [0.29, 0.717) is 13.0 Å². The highest BCUT2D eigenvalue weighted by Gasteiger charge is 2.38. The average molecular weight is 288 g/mol. The van der Waals surface area contributed by atoms with Gasteiger partial charge in [0.25, 0.3) is 0 Å². The molecule has 1 aliphatic rings. The molecule has 0 bridgehead atoms. The van der Waals surface area contributed by atoms with Crippen molar-refractivity contribution in [1.29, 1.82) is 0 Å². The zero-order valence-corrected chi connectivity index (χ0v) is 12.9. The zero-order valence-electron chi connectivity index (χ0n) is 12.9. The number of nitrogens with zero attached hydrogens (tertiary/aromatic N) is 2. The molecule has 1 saturated heterocycles. The zero-order chi connectivity index (χ0) is 15.2. The highest BCUT2D eigenvalue weighted by molar-refractivity contribution is 6.06. The number of amides is 2. The maximum absolute atomic E-state index is 12.4. The number of hydrogen-bond acceptors (Lipinski definition) is 3. The number of rotatable bonds is 7. The Morgan fingerprint density at radius 2 is 1.81 bits per heavy atom. The molecule has 21 heavy (non-hydrogen) atoms. The molecule has 0 aliphatic carbocycles. The molecule has 1 aromatic rings. The predicted molar refractivity (Wildman–Crippen MR) is 82.9 cm³/mol. The summed E-state index contributed by atoms with van der Waals surface area (Å²) in [6.45, 7) is 7.73. The van der Waals surface area contributed by atoms with E-state index in [0.717, 1.165) is 31.6 Å². The molecule has 4 nitrogen and oxygen atoms in total. The van der Waals surface area contributed by atoms with Crippen LogP contribution in [0.25, 0.3) is 0 Å². The van der Waals surface area contributed by atoms with Crippen LogP contribution in [0, 0.1) is 0 Å². The molecule has 0 unspecified atom stereocenters. The molecule has 0 saturated carbocycles. The van der Waals surface area contributed by atoms with E-state index >= 15 is 0 Å². The molecule has 1 heterocycles. The van der Waals surface area contributed by atoms with Crippen LogP contribution < -0.4 is 0 Å². The van der Waals surface area contributed by atoms with Gasteiger partial charge < -0.3 is 4.90 Å². The first-order valence-corrected chi connectivity index (χ1v) is 7.78. The summed E-state index contributed by atoms with van der Waals surface area (Å²) in [5.74, 6) is -0.355. The van der Waals surface area contributed by atoms with Crippen LogP contribution in [0.5, 0.6) is 0 Å². The Kier molecular flexibility index (Phi) is 5.51. The van der Waals surface area contributed by atoms with Crippen molar-refractivity contribution in [3.63, 3.8) is 0 Å². The number of imide groups is 1. The van der Waals surface area contributed by atoms with Gasteiger partial charge in [0, 0.05) is 13.0 Å². The van der Waals surface area contributed by atoms with E-state index in [1.54, 1.807) is 0 Å². The van der Waals surface area contributed by atoms with Crippen molar-refractivity contribution in [1.82, 2.24) is 9.80 Å². The van der Waals surface area contributed by atoms with Crippen molar-refractivity contribution in [2.75, 3.05) is 26.2 Å². The van der Waals surface area contributed by atoms with E-state index in [4.69, 9.17) is 0 Å². The number of carbonyl (C=O) groups is 2. The molecule has 2 rings (SSSR count). The van der Waals surface area contributed by atoms with Gasteiger partial charge in [-0.1, -0.05) is 44.2 Å². The van der Waals surface area contributed by atoms with Crippen LogP contribution in [0.1, 0.15) is 38.2 Å². The van der Waals surface area contributed by atoms with E-state index in [2.05, 4.69) is 18.7 Å². The summed E-state index contributed by atoms with van der Waals surface area (Å²) in [6, 6.07) is 9.60. The summed E-state index contributed by atoms with van der Waals surface area (Å²) < 4.78 is 0. The molecule has 1 aromatic carbocycles. The van der Waals surface area contributed by atoms with Crippen molar-refractivity contribution < 1.29 is 9.59 Å². The molecule has 0 N–H and O–H groups in total. The Hall–Kier alpha value is -1.68. The fourth-order valence-corrected chi connectivity index (χ4v) is 2.86. The quantitative estimate of drug-likeness (QED) is 0.723. The molecule has 4 heteroatoms. The molecule has 1 aliphatic heterocycles. The second kappa shape index (κ2) is 7.36. The van der Waals surface area contributed by atoms with Crippen molar-refractivity contribution in [2.45, 2.75) is 32.6 Å². The minimum absolute atomic E-state index is 0.0339. The molecular formula is C17H24N2O2. The fraction of sp³-hybridized carbons (Fsp3) is 0.529. The van der Waals surface area contributed by atoms with Gasteiger partial charge in [-0.15, -0.1) is 0 Å². The third-order valence-corrected chi connectivity index (χ3v) is 4.20. The molecule has 1 fully saturated rings. The van der Waals surface area contributed by atoms with E-state index in [9.17, 15) is 9.59 Å². The SMILES string of the molecule is CCN(CC)CCCN1C(=O)C[C@H](c2ccccc2)C1=O. The summed E-state index contributed by atoms with van der Waals surface area (Å²) in [7, 11) is 0. The number of likely N-dealkylation sites (tertiary alicyclic amines) is 1. The van der Waals surface area contributed by atoms with Crippen LogP contribution in [0.2, 0.25) is 0 Å². The van der Waals surface area contributed by atoms with Crippen LogP contribution in [0.4, 0.5) is 0 Å². The average Bonchev–Trinajstić information content (AvgIpc) is 2.80. The summed E-state index contributed by atoms with van der Waals surface area (Å²) in [5.41, 5.74) is 0.946. The Balaban J connectivity index is 1.93. The van der Waals surface area contributed by atoms with Crippen LogP contribution in [0.3, 0.4) is 0 Å². The minimum Gasteiger partial charge on any atom is -0.304 e. The van der Waals surface area contributed by atoms with Gasteiger partial charge in [0.1, 0.15) is 0 Å². The molecule has 114 valence electrons. The maximum atomic E-state index is 12.4. The summed E-state index contributed by atoms with van der Waals surface area (Å²) >= 11 is 0. The third kappa shape index (κ3) is 3.70. The summed E-state index contributed by atoms with van der Waals surface area (Å²) in [5, 5.41) is 0. The van der Waals surface area contributed by atoms with Gasteiger partial charge in [0.2, 0.25) is 11.8 Å². The second-order valence-corrected chi connectivity index (χ2v) is 5.43. The molecule has 2 amide bonds. The van der Waals surface area contributed by atoms with Crippen molar-refractivity contribution >= 4 is 11.8 Å². The van der Waals surface area contributed by atoms with E-state index in [1.165, 1.54) is 4.90 Å². The van der Waals surface area contributed by atoms with E-state index in [-0.39, 0.29) is 17.7 Å². The first-order valence-electron chi connectivity index (χ1n) is 7.78. The number of benzene rings is 1. The predicted octanol–water partition coefficient (Wildman–Crippen LogP) is 2.26. The van der Waals surface area contributed by atoms with Gasteiger partial charge in [-0.25, -0.2) is 0 Å². The monoisotopic (exact) mass is 288 g/mol. The lowest BCUT2D eigenvalue weighted by atomic mass is 9.98. The highest BCUT2D eigenvalue weighted by atomic mass is 16.2. The van der Waals surface area contributed by atoms with Gasteiger partial charge >= 0.3 is 0 Å². The molecule has 0 aromatic heterocycles. The fourth-order valence-electron chi connectivity index (χ4n) is 2.86. The first-order chi connectivity index (χ1) is 10.2. The van der Waals surface area contributed by atoms with Crippen molar-refractivity contribution in [3.05, 3.63) is 35.9 Å².